The molecule has 0 saturated carbocycles. The Morgan fingerprint density at radius 2 is 2.24 bits per heavy atom. The maximum atomic E-state index is 9.20. The van der Waals surface area contributed by atoms with E-state index in [4.69, 9.17) is 0 Å². The molecule has 0 amide bonds. The van der Waals surface area contributed by atoms with Crippen molar-refractivity contribution < 1.29 is 0 Å². The van der Waals surface area contributed by atoms with Crippen molar-refractivity contribution in [2.45, 2.75) is 19.4 Å². The number of nitrogens with one attached hydrogen (secondary N) is 1. The summed E-state index contributed by atoms with van der Waals surface area (Å²) in [6.45, 7) is 3.96. The number of hydrogen-bond donors (Lipinski definition) is 1. The van der Waals surface area contributed by atoms with E-state index in [1.165, 1.54) is 4.90 Å². The van der Waals surface area contributed by atoms with Gasteiger partial charge in [0.1, 0.15) is 17.8 Å². The molecule has 2 aromatic rings. The summed E-state index contributed by atoms with van der Waals surface area (Å²) in [5.74, 6) is 2.14. The van der Waals surface area contributed by atoms with E-state index in [-0.39, 0.29) is 6.04 Å². The van der Waals surface area contributed by atoms with Gasteiger partial charge < -0.3 is 14.8 Å². The summed E-state index contributed by atoms with van der Waals surface area (Å²) >= 11 is 0. The number of anilines is 1. The molecule has 8 heteroatoms. The number of rotatable bonds is 2. The standard InChI is InChI=1S/C17H24N8/c1-12-6-8-25(17(19-2)23(3)10-18)9-14(12)24(4)16-13-5-7-20-15(13)21-11-22-16/h5,7,11-12,14H,6,8-9H2,1-4H3,(H,20,21,22). The number of guanidine groups is 1. The number of fused-ring (bicyclic) bond motifs is 1. The zero-order valence-corrected chi connectivity index (χ0v) is 15.1. The largest absolute Gasteiger partial charge is 0.354 e. The van der Waals surface area contributed by atoms with Gasteiger partial charge in [-0.3, -0.25) is 9.89 Å². The Balaban J connectivity index is 1.87. The van der Waals surface area contributed by atoms with Crippen molar-refractivity contribution in [1.82, 2.24) is 24.8 Å². The van der Waals surface area contributed by atoms with E-state index in [0.29, 0.717) is 11.9 Å². The lowest BCUT2D eigenvalue weighted by Crippen LogP contribution is -2.55. The van der Waals surface area contributed by atoms with Crippen LogP contribution < -0.4 is 4.90 Å². The van der Waals surface area contributed by atoms with Crippen LogP contribution in [0.1, 0.15) is 13.3 Å². The van der Waals surface area contributed by atoms with E-state index in [2.05, 4.69) is 49.9 Å². The van der Waals surface area contributed by atoms with Gasteiger partial charge in [0.2, 0.25) is 5.96 Å². The first kappa shape index (κ1) is 17.0. The van der Waals surface area contributed by atoms with Crippen molar-refractivity contribution >= 4 is 22.8 Å². The molecule has 0 aromatic carbocycles. The van der Waals surface area contributed by atoms with Gasteiger partial charge >= 0.3 is 0 Å². The molecular weight excluding hydrogens is 316 g/mol. The molecule has 2 unspecified atom stereocenters. The quantitative estimate of drug-likeness (QED) is 0.386. The molecule has 132 valence electrons. The van der Waals surface area contributed by atoms with Crippen molar-refractivity contribution in [1.29, 1.82) is 5.26 Å². The number of piperidine rings is 1. The van der Waals surface area contributed by atoms with Crippen molar-refractivity contribution in [2.24, 2.45) is 10.9 Å². The minimum atomic E-state index is 0.269. The highest BCUT2D eigenvalue weighted by Crippen LogP contribution is 2.28. The van der Waals surface area contributed by atoms with E-state index >= 15 is 0 Å². The Morgan fingerprint density at radius 3 is 2.96 bits per heavy atom. The normalized spacial score (nSPS) is 21.2. The fraction of sp³-hybridized carbons (Fsp3) is 0.529. The number of likely N-dealkylation sites (N-methyl/N-ethyl adjacent to an activating group) is 1. The third kappa shape index (κ3) is 3.09. The van der Waals surface area contributed by atoms with Crippen molar-refractivity contribution in [3.8, 4) is 6.19 Å². The van der Waals surface area contributed by atoms with Crippen LogP contribution in [-0.4, -0.2) is 71.0 Å². The zero-order chi connectivity index (χ0) is 18.0. The molecule has 1 saturated heterocycles. The van der Waals surface area contributed by atoms with Crippen LogP contribution in [0.2, 0.25) is 0 Å². The Bertz CT molecular complexity index is 804. The first-order valence-corrected chi connectivity index (χ1v) is 8.43. The second-order valence-electron chi connectivity index (χ2n) is 6.51. The van der Waals surface area contributed by atoms with Crippen LogP contribution in [0.15, 0.2) is 23.6 Å². The average Bonchev–Trinajstić information content (AvgIpc) is 3.11. The number of H-pyrrole nitrogens is 1. The summed E-state index contributed by atoms with van der Waals surface area (Å²) in [6.07, 6.45) is 6.66. The van der Waals surface area contributed by atoms with Crippen LogP contribution in [-0.2, 0) is 0 Å². The molecule has 8 nitrogen and oxygen atoms in total. The summed E-state index contributed by atoms with van der Waals surface area (Å²) in [5, 5.41) is 10.2. The van der Waals surface area contributed by atoms with Gasteiger partial charge in [-0.05, 0) is 18.4 Å². The fourth-order valence-electron chi connectivity index (χ4n) is 3.58. The zero-order valence-electron chi connectivity index (χ0n) is 15.1. The average molecular weight is 340 g/mol. The number of nitrogens with zero attached hydrogens (tertiary/aromatic N) is 7. The molecular formula is C17H24N8. The first-order chi connectivity index (χ1) is 12.1. The Morgan fingerprint density at radius 1 is 1.44 bits per heavy atom. The Hall–Kier alpha value is -2.82. The van der Waals surface area contributed by atoms with E-state index in [1.807, 2.05) is 12.3 Å². The van der Waals surface area contributed by atoms with Crippen molar-refractivity contribution in [3.05, 3.63) is 18.6 Å². The summed E-state index contributed by atoms with van der Waals surface area (Å²) < 4.78 is 0. The van der Waals surface area contributed by atoms with E-state index in [9.17, 15) is 5.26 Å². The lowest BCUT2D eigenvalue weighted by molar-refractivity contribution is 0.226. The molecule has 2 aromatic heterocycles. The molecule has 3 heterocycles. The molecule has 0 bridgehead atoms. The SMILES string of the molecule is CN=C(N(C)C#N)N1CCC(C)C(N(C)c2ncnc3[nH]ccc23)C1. The molecule has 2 atom stereocenters. The number of hydrogen-bond acceptors (Lipinski definition) is 5. The molecule has 0 aliphatic carbocycles. The van der Waals surface area contributed by atoms with Crippen LogP contribution in [0, 0.1) is 17.4 Å². The van der Waals surface area contributed by atoms with Gasteiger partial charge in [0, 0.05) is 40.4 Å². The summed E-state index contributed by atoms with van der Waals surface area (Å²) in [7, 11) is 5.55. The molecule has 0 radical (unpaired) electrons. The Labute approximate surface area is 147 Å². The molecule has 1 fully saturated rings. The predicted molar refractivity (Wildman–Crippen MR) is 98.2 cm³/mol. The summed E-state index contributed by atoms with van der Waals surface area (Å²) in [5.41, 5.74) is 0.845. The first-order valence-electron chi connectivity index (χ1n) is 8.43. The third-order valence-corrected chi connectivity index (χ3v) is 5.02. The maximum absolute atomic E-state index is 9.20. The van der Waals surface area contributed by atoms with Crippen LogP contribution in [0.3, 0.4) is 0 Å². The monoisotopic (exact) mass is 340 g/mol. The van der Waals surface area contributed by atoms with Crippen LogP contribution in [0.25, 0.3) is 11.0 Å². The van der Waals surface area contributed by atoms with Gasteiger partial charge in [-0.25, -0.2) is 9.97 Å². The number of aromatic nitrogens is 3. The second-order valence-corrected chi connectivity index (χ2v) is 6.51. The highest BCUT2D eigenvalue weighted by atomic mass is 15.4. The van der Waals surface area contributed by atoms with Crippen molar-refractivity contribution in [3.63, 3.8) is 0 Å². The molecule has 1 aliphatic heterocycles. The van der Waals surface area contributed by atoms with Crippen LogP contribution in [0.5, 0.6) is 0 Å². The van der Waals surface area contributed by atoms with Crippen LogP contribution in [0.4, 0.5) is 5.82 Å². The van der Waals surface area contributed by atoms with Gasteiger partial charge in [0.15, 0.2) is 6.19 Å². The smallest absolute Gasteiger partial charge is 0.209 e. The molecule has 1 N–H and O–H groups in total. The van der Waals surface area contributed by atoms with Crippen LogP contribution >= 0.6 is 0 Å². The number of aromatic amines is 1. The van der Waals surface area contributed by atoms with E-state index in [0.717, 1.165) is 36.4 Å². The lowest BCUT2D eigenvalue weighted by Gasteiger charge is -2.43. The molecule has 25 heavy (non-hydrogen) atoms. The Kier molecular flexibility index (Phi) is 4.74. The van der Waals surface area contributed by atoms with E-state index in [1.54, 1.807) is 20.4 Å². The number of nitriles is 1. The number of likely N-dealkylation sites (tertiary alicyclic amines) is 1. The number of aliphatic imine (C=N–C) groups is 1. The van der Waals surface area contributed by atoms with Gasteiger partial charge in [0.25, 0.3) is 0 Å². The lowest BCUT2D eigenvalue weighted by atomic mass is 9.92. The molecule has 3 rings (SSSR count). The second kappa shape index (κ2) is 6.97. The van der Waals surface area contributed by atoms with Gasteiger partial charge in [-0.1, -0.05) is 6.92 Å². The molecule has 1 aliphatic rings. The molecule has 0 spiro atoms. The third-order valence-electron chi connectivity index (χ3n) is 5.02. The van der Waals surface area contributed by atoms with Gasteiger partial charge in [-0.15, -0.1) is 0 Å². The summed E-state index contributed by atoms with van der Waals surface area (Å²) in [6, 6.07) is 2.28. The highest BCUT2D eigenvalue weighted by Gasteiger charge is 2.32. The highest BCUT2D eigenvalue weighted by molar-refractivity contribution is 5.87. The summed E-state index contributed by atoms with van der Waals surface area (Å²) in [4.78, 5) is 22.2. The van der Waals surface area contributed by atoms with Crippen molar-refractivity contribution in [2.75, 3.05) is 39.1 Å². The van der Waals surface area contributed by atoms with Gasteiger partial charge in [0.05, 0.1) is 11.4 Å². The minimum Gasteiger partial charge on any atom is -0.354 e. The minimum absolute atomic E-state index is 0.269. The topological polar surface area (TPSA) is 87.4 Å². The maximum Gasteiger partial charge on any atom is 0.209 e. The fourth-order valence-corrected chi connectivity index (χ4v) is 3.58. The predicted octanol–water partition coefficient (Wildman–Crippen LogP) is 1.50. The van der Waals surface area contributed by atoms with Gasteiger partial charge in [-0.2, -0.15) is 5.26 Å². The van der Waals surface area contributed by atoms with E-state index < -0.39 is 0 Å².